The maximum absolute atomic E-state index is 12.8. The van der Waals surface area contributed by atoms with Gasteiger partial charge in [-0.3, -0.25) is 9.59 Å². The van der Waals surface area contributed by atoms with E-state index >= 15 is 0 Å². The summed E-state index contributed by atoms with van der Waals surface area (Å²) >= 11 is 0. The number of carbonyl (C=O) groups is 2. The lowest BCUT2D eigenvalue weighted by Crippen LogP contribution is -2.30. The van der Waals surface area contributed by atoms with E-state index in [0.29, 0.717) is 19.4 Å². The zero-order valence-corrected chi connectivity index (χ0v) is 42.5. The fourth-order valence-electron chi connectivity index (χ4n) is 7.65. The topological polar surface area (TPSA) is 61.8 Å². The van der Waals surface area contributed by atoms with Gasteiger partial charge in [0.25, 0.3) is 0 Å². The lowest BCUT2D eigenvalue weighted by molar-refractivity contribution is -0.163. The van der Waals surface area contributed by atoms with Crippen molar-refractivity contribution in [1.82, 2.24) is 0 Å². The largest absolute Gasteiger partial charge is 0.462 e. The molecule has 0 spiro atoms. The molecular weight excluding hydrogens is 789 g/mol. The average Bonchev–Trinajstić information content (AvgIpc) is 3.30. The highest BCUT2D eigenvalue weighted by atomic mass is 16.6. The van der Waals surface area contributed by atoms with Gasteiger partial charge in [-0.15, -0.1) is 0 Å². The van der Waals surface area contributed by atoms with Crippen LogP contribution in [0.5, 0.6) is 0 Å². The number of carbonyl (C=O) groups excluding carboxylic acids is 2. The number of allylic oxidation sites excluding steroid dienone is 12. The van der Waals surface area contributed by atoms with Crippen molar-refractivity contribution in [2.45, 2.75) is 271 Å². The Balaban J connectivity index is 4.25. The van der Waals surface area contributed by atoms with E-state index < -0.39 is 6.10 Å². The van der Waals surface area contributed by atoms with Gasteiger partial charge in [0.2, 0.25) is 0 Å². The van der Waals surface area contributed by atoms with Gasteiger partial charge in [0.05, 0.1) is 6.61 Å². The average molecular weight is 893 g/mol. The summed E-state index contributed by atoms with van der Waals surface area (Å²) in [6.07, 6.45) is 70.5. The molecule has 0 bridgehead atoms. The molecule has 0 aliphatic heterocycles. The first-order valence-corrected chi connectivity index (χ1v) is 27.5. The van der Waals surface area contributed by atoms with E-state index in [1.165, 1.54) is 148 Å². The standard InChI is InChI=1S/C59H104O5/c1-4-7-10-13-16-19-22-24-26-28-30-31-33-35-38-40-43-46-49-52-58(60)63-56-57(64-59(61)53-50-47-44-41-37-21-18-15-12-9-6-3)55-62-54-51-48-45-42-39-36-34-32-29-27-25-23-20-17-14-11-8-5-2/h7,10,16-17,19-20,24-27,30-31,57H,4-6,8-9,11-15,18,21-23,28-29,32-56H2,1-3H3/b10-7-,19-16-,20-17-,26-24-,27-25-,31-30-. The van der Waals surface area contributed by atoms with E-state index in [0.717, 1.165) is 83.5 Å². The molecule has 0 N–H and O–H groups in total. The molecular formula is C59H104O5. The van der Waals surface area contributed by atoms with Crippen LogP contribution in [0, 0.1) is 0 Å². The highest BCUT2D eigenvalue weighted by Crippen LogP contribution is 2.15. The third-order valence-corrected chi connectivity index (χ3v) is 11.7. The molecule has 0 saturated heterocycles. The highest BCUT2D eigenvalue weighted by Gasteiger charge is 2.17. The van der Waals surface area contributed by atoms with Crippen molar-refractivity contribution in [3.05, 3.63) is 72.9 Å². The molecule has 0 rings (SSSR count). The van der Waals surface area contributed by atoms with E-state index in [9.17, 15) is 9.59 Å². The van der Waals surface area contributed by atoms with Crippen molar-refractivity contribution in [2.24, 2.45) is 0 Å². The molecule has 1 atom stereocenters. The van der Waals surface area contributed by atoms with Crippen LogP contribution < -0.4 is 0 Å². The monoisotopic (exact) mass is 893 g/mol. The van der Waals surface area contributed by atoms with Gasteiger partial charge in [0, 0.05) is 19.4 Å². The first kappa shape index (κ1) is 61.3. The van der Waals surface area contributed by atoms with Crippen molar-refractivity contribution in [2.75, 3.05) is 19.8 Å². The van der Waals surface area contributed by atoms with E-state index in [1.54, 1.807) is 0 Å². The van der Waals surface area contributed by atoms with Gasteiger partial charge in [0.1, 0.15) is 6.61 Å². The van der Waals surface area contributed by atoms with Crippen molar-refractivity contribution in [3.63, 3.8) is 0 Å². The Morgan fingerprint density at radius 1 is 0.359 bits per heavy atom. The molecule has 0 heterocycles. The first-order valence-electron chi connectivity index (χ1n) is 27.5. The van der Waals surface area contributed by atoms with Crippen LogP contribution in [0.3, 0.4) is 0 Å². The van der Waals surface area contributed by atoms with Crippen LogP contribution in [0.1, 0.15) is 265 Å². The van der Waals surface area contributed by atoms with Crippen LogP contribution in [0.25, 0.3) is 0 Å². The normalized spacial score (nSPS) is 12.7. The minimum Gasteiger partial charge on any atom is -0.462 e. The third kappa shape index (κ3) is 52.0. The summed E-state index contributed by atoms with van der Waals surface area (Å²) in [6, 6.07) is 0. The van der Waals surface area contributed by atoms with Crippen LogP contribution >= 0.6 is 0 Å². The fourth-order valence-corrected chi connectivity index (χ4v) is 7.65. The highest BCUT2D eigenvalue weighted by molar-refractivity contribution is 5.70. The molecule has 0 amide bonds. The predicted octanol–water partition coefficient (Wildman–Crippen LogP) is 18.7. The molecule has 0 fully saturated rings. The molecule has 0 saturated carbocycles. The van der Waals surface area contributed by atoms with Gasteiger partial charge in [-0.25, -0.2) is 0 Å². The molecule has 370 valence electrons. The molecule has 1 unspecified atom stereocenters. The number of unbranched alkanes of at least 4 members (excludes halogenated alkanes) is 27. The Labute approximate surface area is 397 Å². The lowest BCUT2D eigenvalue weighted by Gasteiger charge is -2.18. The van der Waals surface area contributed by atoms with Gasteiger partial charge in [-0.1, -0.05) is 235 Å². The van der Waals surface area contributed by atoms with Gasteiger partial charge in [-0.05, 0) is 89.9 Å². The van der Waals surface area contributed by atoms with Gasteiger partial charge in [-0.2, -0.15) is 0 Å². The number of rotatable bonds is 50. The summed E-state index contributed by atoms with van der Waals surface area (Å²) < 4.78 is 17.4. The summed E-state index contributed by atoms with van der Waals surface area (Å²) in [5.74, 6) is -0.410. The minimum atomic E-state index is -0.545. The fraction of sp³-hybridized carbons (Fsp3) is 0.763. The van der Waals surface area contributed by atoms with Crippen LogP contribution in [0.4, 0.5) is 0 Å². The van der Waals surface area contributed by atoms with Crippen LogP contribution in [-0.4, -0.2) is 37.9 Å². The zero-order chi connectivity index (χ0) is 46.3. The SMILES string of the molecule is CC/C=C\C/C=C\C/C=C\C/C=C\CCCCCCCCC(=O)OCC(COCCCCCCCCCC/C=C\C/C=C\CCCCC)OC(=O)CCCCCCCCCCCCC. The Hall–Kier alpha value is -2.66. The smallest absolute Gasteiger partial charge is 0.306 e. The van der Waals surface area contributed by atoms with Crippen molar-refractivity contribution < 1.29 is 23.8 Å². The van der Waals surface area contributed by atoms with Crippen molar-refractivity contribution in [1.29, 1.82) is 0 Å². The molecule has 5 nitrogen and oxygen atoms in total. The van der Waals surface area contributed by atoms with Gasteiger partial charge >= 0.3 is 11.9 Å². The second kappa shape index (κ2) is 54.7. The summed E-state index contributed by atoms with van der Waals surface area (Å²) in [6.45, 7) is 7.68. The molecule has 0 aliphatic rings. The van der Waals surface area contributed by atoms with E-state index in [1.807, 2.05) is 0 Å². The number of hydrogen-bond donors (Lipinski definition) is 0. The second-order valence-electron chi connectivity index (χ2n) is 18.1. The minimum absolute atomic E-state index is 0.0755. The molecule has 5 heteroatoms. The first-order chi connectivity index (χ1) is 31.6. The Morgan fingerprint density at radius 3 is 1.16 bits per heavy atom. The lowest BCUT2D eigenvalue weighted by atomic mass is 10.1. The van der Waals surface area contributed by atoms with E-state index in [-0.39, 0.29) is 25.2 Å². The summed E-state index contributed by atoms with van der Waals surface area (Å²) in [4.78, 5) is 25.4. The van der Waals surface area contributed by atoms with Crippen LogP contribution in [0.2, 0.25) is 0 Å². The molecule has 0 aliphatic carbocycles. The van der Waals surface area contributed by atoms with Gasteiger partial charge in [0.15, 0.2) is 6.10 Å². The van der Waals surface area contributed by atoms with Crippen molar-refractivity contribution >= 4 is 11.9 Å². The number of esters is 2. The summed E-state index contributed by atoms with van der Waals surface area (Å²) in [7, 11) is 0. The summed E-state index contributed by atoms with van der Waals surface area (Å²) in [5, 5.41) is 0. The molecule has 0 aromatic heterocycles. The maximum Gasteiger partial charge on any atom is 0.306 e. The zero-order valence-electron chi connectivity index (χ0n) is 42.5. The molecule has 0 aromatic carbocycles. The number of hydrogen-bond acceptors (Lipinski definition) is 5. The van der Waals surface area contributed by atoms with E-state index in [4.69, 9.17) is 14.2 Å². The maximum atomic E-state index is 12.8. The predicted molar refractivity (Wildman–Crippen MR) is 279 cm³/mol. The van der Waals surface area contributed by atoms with E-state index in [2.05, 4.69) is 93.7 Å². The third-order valence-electron chi connectivity index (χ3n) is 11.7. The van der Waals surface area contributed by atoms with Crippen LogP contribution in [-0.2, 0) is 23.8 Å². The Bertz CT molecular complexity index is 1150. The Kier molecular flexibility index (Phi) is 52.4. The van der Waals surface area contributed by atoms with Gasteiger partial charge < -0.3 is 14.2 Å². The number of ether oxygens (including phenoxy) is 3. The Morgan fingerprint density at radius 2 is 0.703 bits per heavy atom. The molecule has 64 heavy (non-hydrogen) atoms. The second-order valence-corrected chi connectivity index (χ2v) is 18.1. The summed E-state index contributed by atoms with van der Waals surface area (Å²) in [5.41, 5.74) is 0. The molecule has 0 radical (unpaired) electrons. The van der Waals surface area contributed by atoms with Crippen molar-refractivity contribution in [3.8, 4) is 0 Å². The van der Waals surface area contributed by atoms with Crippen LogP contribution in [0.15, 0.2) is 72.9 Å². The quantitative estimate of drug-likeness (QED) is 0.0346. The molecule has 0 aromatic rings.